The Balaban J connectivity index is 2.77. The van der Waals surface area contributed by atoms with Gasteiger partial charge in [-0.1, -0.05) is 0 Å². The number of ether oxygens (including phenoxy) is 1. The Morgan fingerprint density at radius 2 is 1.86 bits per heavy atom. The van der Waals surface area contributed by atoms with Gasteiger partial charge >= 0.3 is 12.2 Å². The van der Waals surface area contributed by atoms with Crippen molar-refractivity contribution >= 4 is 16.0 Å². The Labute approximate surface area is 125 Å². The molecule has 1 N–H and O–H groups in total. The number of nitrogens with zero attached hydrogens (tertiary/aromatic N) is 4. The highest BCUT2D eigenvalue weighted by Crippen LogP contribution is 2.20. The van der Waals surface area contributed by atoms with Crippen molar-refractivity contribution in [1.82, 2.24) is 19.7 Å². The zero-order chi connectivity index (χ0) is 17.0. The molecule has 0 radical (unpaired) electrons. The fourth-order valence-corrected chi connectivity index (χ4v) is 2.25. The molecule has 0 amide bonds. The first-order chi connectivity index (χ1) is 10.0. The Hall–Kier alpha value is -1.69. The summed E-state index contributed by atoms with van der Waals surface area (Å²) in [4.78, 5) is 13.3. The molecule has 0 saturated carbocycles. The van der Waals surface area contributed by atoms with Crippen LogP contribution in [0.15, 0.2) is 0 Å². The maximum Gasteiger partial charge on any atom is 0.390 e. The van der Waals surface area contributed by atoms with Crippen LogP contribution in [0.2, 0.25) is 0 Å². The number of aromatic nitrogens is 3. The summed E-state index contributed by atoms with van der Waals surface area (Å²) in [5, 5.41) is 0. The number of methoxy groups -OCH3 is 1. The van der Waals surface area contributed by atoms with Gasteiger partial charge in [-0.3, -0.25) is 0 Å². The summed E-state index contributed by atoms with van der Waals surface area (Å²) in [7, 11) is 0.553. The van der Waals surface area contributed by atoms with Gasteiger partial charge in [0.05, 0.1) is 25.8 Å². The number of sulfonamides is 1. The molecule has 1 rings (SSSR count). The molecule has 12 heteroatoms. The van der Waals surface area contributed by atoms with Gasteiger partial charge in [0.25, 0.3) is 0 Å². The van der Waals surface area contributed by atoms with Crippen molar-refractivity contribution in [2.75, 3.05) is 31.9 Å². The van der Waals surface area contributed by atoms with E-state index in [1.165, 1.54) is 7.11 Å². The van der Waals surface area contributed by atoms with E-state index in [-0.39, 0.29) is 24.3 Å². The van der Waals surface area contributed by atoms with Gasteiger partial charge in [-0.2, -0.15) is 28.1 Å². The van der Waals surface area contributed by atoms with Gasteiger partial charge in [-0.15, -0.1) is 0 Å². The first-order valence-corrected chi connectivity index (χ1v) is 7.68. The van der Waals surface area contributed by atoms with Gasteiger partial charge in [0.2, 0.25) is 16.0 Å². The van der Waals surface area contributed by atoms with E-state index in [4.69, 9.17) is 4.74 Å². The summed E-state index contributed by atoms with van der Waals surface area (Å²) in [6.07, 6.45) is -5.96. The Bertz CT molecular complexity index is 606. The quantitative estimate of drug-likeness (QED) is 0.761. The second kappa shape index (κ2) is 7.05. The second-order valence-electron chi connectivity index (χ2n) is 4.44. The van der Waals surface area contributed by atoms with Gasteiger partial charge in [0, 0.05) is 14.1 Å². The largest absolute Gasteiger partial charge is 0.467 e. The van der Waals surface area contributed by atoms with Crippen molar-refractivity contribution in [3.63, 3.8) is 0 Å². The molecular formula is C10H16F3N5O3S. The topological polar surface area (TPSA) is 97.3 Å². The fraction of sp³-hybridized carbons (Fsp3) is 0.700. The maximum atomic E-state index is 12.0. The van der Waals surface area contributed by atoms with E-state index in [1.807, 2.05) is 4.72 Å². The van der Waals surface area contributed by atoms with Crippen LogP contribution in [0.3, 0.4) is 0 Å². The van der Waals surface area contributed by atoms with Crippen molar-refractivity contribution in [3.05, 3.63) is 5.82 Å². The van der Waals surface area contributed by atoms with E-state index in [1.54, 1.807) is 19.0 Å². The molecule has 0 unspecified atom stereocenters. The molecule has 0 aromatic carbocycles. The van der Waals surface area contributed by atoms with Crippen LogP contribution < -0.4 is 14.4 Å². The predicted molar refractivity (Wildman–Crippen MR) is 72.0 cm³/mol. The van der Waals surface area contributed by atoms with Gasteiger partial charge in [0.1, 0.15) is 0 Å². The summed E-state index contributed by atoms with van der Waals surface area (Å²) in [6.45, 7) is -0.361. The van der Waals surface area contributed by atoms with Crippen LogP contribution in [0.5, 0.6) is 6.01 Å². The van der Waals surface area contributed by atoms with Crippen LogP contribution >= 0.6 is 0 Å². The van der Waals surface area contributed by atoms with Crippen molar-refractivity contribution in [2.24, 2.45) is 0 Å². The number of halogens is 3. The van der Waals surface area contributed by atoms with E-state index >= 15 is 0 Å². The van der Waals surface area contributed by atoms with E-state index in [2.05, 4.69) is 15.0 Å². The zero-order valence-corrected chi connectivity index (χ0v) is 13.0. The number of anilines is 1. The monoisotopic (exact) mass is 343 g/mol. The highest BCUT2D eigenvalue weighted by molar-refractivity contribution is 7.89. The molecular weight excluding hydrogens is 327 g/mol. The van der Waals surface area contributed by atoms with E-state index < -0.39 is 28.4 Å². The van der Waals surface area contributed by atoms with Crippen LogP contribution in [-0.4, -0.2) is 56.5 Å². The number of nitrogens with one attached hydrogen (secondary N) is 1. The molecule has 1 aromatic heterocycles. The lowest BCUT2D eigenvalue weighted by atomic mass is 10.5. The molecule has 0 aliphatic heterocycles. The minimum atomic E-state index is -4.54. The molecule has 0 saturated heterocycles. The van der Waals surface area contributed by atoms with Crippen molar-refractivity contribution in [3.8, 4) is 6.01 Å². The second-order valence-corrected chi connectivity index (χ2v) is 6.36. The minimum Gasteiger partial charge on any atom is -0.467 e. The lowest BCUT2D eigenvalue weighted by Crippen LogP contribution is -2.29. The molecule has 1 heterocycles. The lowest BCUT2D eigenvalue weighted by Gasteiger charge is -2.12. The van der Waals surface area contributed by atoms with Gasteiger partial charge in [0.15, 0.2) is 5.82 Å². The van der Waals surface area contributed by atoms with Crippen LogP contribution in [0.4, 0.5) is 19.1 Å². The Kier molecular flexibility index (Phi) is 5.88. The summed E-state index contributed by atoms with van der Waals surface area (Å²) in [5.74, 6) is -0.790. The summed E-state index contributed by atoms with van der Waals surface area (Å²) >= 11 is 0. The van der Waals surface area contributed by atoms with Crippen LogP contribution in [0, 0.1) is 0 Å². The molecule has 0 spiro atoms. The lowest BCUT2D eigenvalue weighted by molar-refractivity contribution is -0.129. The molecule has 1 aromatic rings. The van der Waals surface area contributed by atoms with Crippen molar-refractivity contribution in [2.45, 2.75) is 19.1 Å². The first-order valence-electron chi connectivity index (χ1n) is 6.03. The smallest absolute Gasteiger partial charge is 0.390 e. The number of hydrogen-bond acceptors (Lipinski definition) is 7. The highest BCUT2D eigenvalue weighted by Gasteiger charge is 2.29. The molecule has 22 heavy (non-hydrogen) atoms. The summed E-state index contributed by atoms with van der Waals surface area (Å²) in [5.41, 5.74) is 0. The third-order valence-corrected chi connectivity index (χ3v) is 3.66. The summed E-state index contributed by atoms with van der Waals surface area (Å²) in [6, 6.07) is -0.0248. The van der Waals surface area contributed by atoms with Crippen LogP contribution in [0.25, 0.3) is 0 Å². The molecule has 0 fully saturated rings. The SMILES string of the molecule is COc1nc(CNS(=O)(=O)CCC(F)(F)F)nc(N(C)C)n1. The average molecular weight is 343 g/mol. The standard InChI is InChI=1S/C10H16F3N5O3S/c1-18(2)8-15-7(16-9(17-8)21-3)6-14-22(19,20)5-4-10(11,12)13/h14H,4-6H2,1-3H3. The molecule has 0 atom stereocenters. The van der Waals surface area contributed by atoms with E-state index in [0.717, 1.165) is 0 Å². The molecule has 126 valence electrons. The molecule has 0 bridgehead atoms. The minimum absolute atomic E-state index is 0.0248. The van der Waals surface area contributed by atoms with Crippen molar-refractivity contribution < 1.29 is 26.3 Å². The van der Waals surface area contributed by atoms with Crippen molar-refractivity contribution in [1.29, 1.82) is 0 Å². The summed E-state index contributed by atoms with van der Waals surface area (Å²) < 4.78 is 66.0. The Morgan fingerprint density at radius 3 is 2.36 bits per heavy atom. The van der Waals surface area contributed by atoms with E-state index in [0.29, 0.717) is 0 Å². The normalized spacial score (nSPS) is 12.3. The van der Waals surface area contributed by atoms with Gasteiger partial charge < -0.3 is 9.64 Å². The van der Waals surface area contributed by atoms with E-state index in [9.17, 15) is 21.6 Å². The third-order valence-electron chi connectivity index (χ3n) is 2.34. The van der Waals surface area contributed by atoms with Gasteiger partial charge in [-0.05, 0) is 0 Å². The first kappa shape index (κ1) is 18.4. The van der Waals surface area contributed by atoms with Crippen LogP contribution in [-0.2, 0) is 16.6 Å². The number of alkyl halides is 3. The number of rotatable bonds is 7. The van der Waals surface area contributed by atoms with Gasteiger partial charge in [-0.25, -0.2) is 13.1 Å². The molecule has 0 aliphatic rings. The third kappa shape index (κ3) is 6.39. The van der Waals surface area contributed by atoms with Crippen LogP contribution in [0.1, 0.15) is 12.2 Å². The Morgan fingerprint density at radius 1 is 1.23 bits per heavy atom. The average Bonchev–Trinajstić information content (AvgIpc) is 2.42. The zero-order valence-electron chi connectivity index (χ0n) is 12.2. The molecule has 8 nitrogen and oxygen atoms in total. The highest BCUT2D eigenvalue weighted by atomic mass is 32.2. The number of hydrogen-bond donors (Lipinski definition) is 1. The predicted octanol–water partition coefficient (Wildman–Crippen LogP) is 0.318. The maximum absolute atomic E-state index is 12.0. The fourth-order valence-electron chi connectivity index (χ4n) is 1.25. The molecule has 0 aliphatic carbocycles.